The predicted molar refractivity (Wildman–Crippen MR) is 78.1 cm³/mol. The van der Waals surface area contributed by atoms with Crippen molar-refractivity contribution in [2.24, 2.45) is 0 Å². The van der Waals surface area contributed by atoms with Crippen molar-refractivity contribution in [3.05, 3.63) is 29.0 Å². The lowest BCUT2D eigenvalue weighted by Gasteiger charge is -2.26. The van der Waals surface area contributed by atoms with Crippen LogP contribution in [0.2, 0.25) is 5.02 Å². The summed E-state index contributed by atoms with van der Waals surface area (Å²) >= 11 is 5.82. The van der Waals surface area contributed by atoms with Gasteiger partial charge in [-0.1, -0.05) is 11.6 Å². The SMILES string of the molecule is O=C(NCCCCN1CCOCC1)c1cc(Cl)ccn1. The highest BCUT2D eigenvalue weighted by Gasteiger charge is 2.10. The molecule has 0 aromatic carbocycles. The molecule has 1 saturated heterocycles. The van der Waals surface area contributed by atoms with Gasteiger partial charge in [0.1, 0.15) is 5.69 Å². The van der Waals surface area contributed by atoms with Gasteiger partial charge in [0.05, 0.1) is 13.2 Å². The second kappa shape index (κ2) is 8.19. The molecule has 0 spiro atoms. The average Bonchev–Trinajstić information content (AvgIpc) is 2.48. The molecule has 2 heterocycles. The molecule has 5 nitrogen and oxygen atoms in total. The first-order valence-corrected chi connectivity index (χ1v) is 7.33. The van der Waals surface area contributed by atoms with Crippen molar-refractivity contribution in [1.29, 1.82) is 0 Å². The third-order valence-electron chi connectivity index (χ3n) is 3.25. The Morgan fingerprint density at radius 2 is 2.20 bits per heavy atom. The number of hydrogen-bond donors (Lipinski definition) is 1. The van der Waals surface area contributed by atoms with Gasteiger partial charge in [-0.3, -0.25) is 14.7 Å². The lowest BCUT2D eigenvalue weighted by atomic mass is 10.2. The summed E-state index contributed by atoms with van der Waals surface area (Å²) < 4.78 is 5.30. The largest absolute Gasteiger partial charge is 0.379 e. The molecule has 2 rings (SSSR count). The van der Waals surface area contributed by atoms with Gasteiger partial charge >= 0.3 is 0 Å². The van der Waals surface area contributed by atoms with Gasteiger partial charge in [-0.05, 0) is 31.5 Å². The molecule has 110 valence electrons. The second-order valence-corrected chi connectivity index (χ2v) is 5.21. The van der Waals surface area contributed by atoms with E-state index in [-0.39, 0.29) is 5.91 Å². The third-order valence-corrected chi connectivity index (χ3v) is 3.48. The molecule has 0 aliphatic carbocycles. The monoisotopic (exact) mass is 297 g/mol. The van der Waals surface area contributed by atoms with Crippen LogP contribution < -0.4 is 5.32 Å². The maximum atomic E-state index is 11.8. The number of hydrogen-bond acceptors (Lipinski definition) is 4. The van der Waals surface area contributed by atoms with Gasteiger partial charge in [-0.2, -0.15) is 0 Å². The average molecular weight is 298 g/mol. The van der Waals surface area contributed by atoms with Crippen LogP contribution in [0.1, 0.15) is 23.3 Å². The van der Waals surface area contributed by atoms with Gasteiger partial charge < -0.3 is 10.1 Å². The Morgan fingerprint density at radius 1 is 1.40 bits per heavy atom. The number of rotatable bonds is 6. The lowest BCUT2D eigenvalue weighted by molar-refractivity contribution is 0.0372. The van der Waals surface area contributed by atoms with Gasteiger partial charge in [0.2, 0.25) is 0 Å². The van der Waals surface area contributed by atoms with Crippen molar-refractivity contribution in [3.8, 4) is 0 Å². The van der Waals surface area contributed by atoms with E-state index >= 15 is 0 Å². The first-order chi connectivity index (χ1) is 9.75. The zero-order chi connectivity index (χ0) is 14.2. The van der Waals surface area contributed by atoms with Gasteiger partial charge in [0.25, 0.3) is 5.91 Å². The van der Waals surface area contributed by atoms with Crippen LogP contribution in [-0.4, -0.2) is 55.2 Å². The smallest absolute Gasteiger partial charge is 0.269 e. The lowest BCUT2D eigenvalue weighted by Crippen LogP contribution is -2.37. The number of amides is 1. The standard InChI is InChI=1S/C14H20ClN3O2/c15-12-3-5-16-13(11-12)14(19)17-4-1-2-6-18-7-9-20-10-8-18/h3,5,11H,1-2,4,6-10H2,(H,17,19). The summed E-state index contributed by atoms with van der Waals surface area (Å²) in [5.74, 6) is -0.168. The van der Waals surface area contributed by atoms with Gasteiger partial charge in [0.15, 0.2) is 0 Å². The Labute approximate surface area is 124 Å². The molecule has 1 fully saturated rings. The van der Waals surface area contributed by atoms with Crippen molar-refractivity contribution in [3.63, 3.8) is 0 Å². The van der Waals surface area contributed by atoms with E-state index in [0.29, 0.717) is 17.3 Å². The predicted octanol–water partition coefficient (Wildman–Crippen LogP) is 1.58. The van der Waals surface area contributed by atoms with Gasteiger partial charge in [0, 0.05) is 30.9 Å². The van der Waals surface area contributed by atoms with Crippen LogP contribution in [0.5, 0.6) is 0 Å². The molecular weight excluding hydrogens is 278 g/mol. The van der Waals surface area contributed by atoms with Crippen LogP contribution in [0.3, 0.4) is 0 Å². The van der Waals surface area contributed by atoms with Crippen molar-refractivity contribution < 1.29 is 9.53 Å². The van der Waals surface area contributed by atoms with E-state index < -0.39 is 0 Å². The van der Waals surface area contributed by atoms with Crippen LogP contribution >= 0.6 is 11.6 Å². The molecule has 20 heavy (non-hydrogen) atoms. The molecule has 6 heteroatoms. The fourth-order valence-corrected chi connectivity index (χ4v) is 2.27. The van der Waals surface area contributed by atoms with Crippen molar-refractivity contribution in [2.45, 2.75) is 12.8 Å². The van der Waals surface area contributed by atoms with Crippen LogP contribution in [-0.2, 0) is 4.74 Å². The fraction of sp³-hybridized carbons (Fsp3) is 0.571. The topological polar surface area (TPSA) is 54.5 Å². The second-order valence-electron chi connectivity index (χ2n) is 4.78. The van der Waals surface area contributed by atoms with Crippen LogP contribution in [0, 0.1) is 0 Å². The molecule has 0 atom stereocenters. The Kier molecular flexibility index (Phi) is 6.24. The van der Waals surface area contributed by atoms with E-state index in [9.17, 15) is 4.79 Å². The number of aromatic nitrogens is 1. The number of unbranched alkanes of at least 4 members (excludes halogenated alkanes) is 1. The van der Waals surface area contributed by atoms with Crippen LogP contribution in [0.4, 0.5) is 0 Å². The van der Waals surface area contributed by atoms with E-state index in [2.05, 4.69) is 15.2 Å². The summed E-state index contributed by atoms with van der Waals surface area (Å²) in [5, 5.41) is 3.39. The molecule has 0 bridgehead atoms. The van der Waals surface area contributed by atoms with E-state index in [1.54, 1.807) is 12.1 Å². The highest BCUT2D eigenvalue weighted by Crippen LogP contribution is 2.07. The molecule has 1 aliphatic rings. The molecule has 0 radical (unpaired) electrons. The molecule has 1 aromatic rings. The minimum Gasteiger partial charge on any atom is -0.379 e. The Morgan fingerprint density at radius 3 is 2.95 bits per heavy atom. The number of carbonyl (C=O) groups is 1. The first kappa shape index (κ1) is 15.2. The molecule has 0 saturated carbocycles. The number of carbonyl (C=O) groups excluding carboxylic acids is 1. The Balaban J connectivity index is 1.59. The van der Waals surface area contributed by atoms with E-state index in [1.807, 2.05) is 0 Å². The van der Waals surface area contributed by atoms with Crippen molar-refractivity contribution in [2.75, 3.05) is 39.4 Å². The van der Waals surface area contributed by atoms with Gasteiger partial charge in [-0.25, -0.2) is 0 Å². The van der Waals surface area contributed by atoms with Gasteiger partial charge in [-0.15, -0.1) is 0 Å². The van der Waals surface area contributed by atoms with Crippen LogP contribution in [0.25, 0.3) is 0 Å². The Bertz CT molecular complexity index is 436. The molecule has 1 N–H and O–H groups in total. The van der Waals surface area contributed by atoms with E-state index in [0.717, 1.165) is 45.7 Å². The summed E-state index contributed by atoms with van der Waals surface area (Å²) in [4.78, 5) is 18.2. The number of ether oxygens (including phenoxy) is 1. The number of morpholine rings is 1. The zero-order valence-corrected chi connectivity index (χ0v) is 12.2. The van der Waals surface area contributed by atoms with E-state index in [1.165, 1.54) is 6.20 Å². The molecule has 1 aromatic heterocycles. The first-order valence-electron chi connectivity index (χ1n) is 6.95. The third kappa shape index (κ3) is 5.07. The van der Waals surface area contributed by atoms with E-state index in [4.69, 9.17) is 16.3 Å². The number of halogens is 1. The zero-order valence-electron chi connectivity index (χ0n) is 11.5. The molecular formula is C14H20ClN3O2. The summed E-state index contributed by atoms with van der Waals surface area (Å²) in [5.41, 5.74) is 0.366. The summed E-state index contributed by atoms with van der Waals surface area (Å²) in [6.45, 7) is 5.41. The molecule has 1 amide bonds. The quantitative estimate of drug-likeness (QED) is 0.810. The maximum Gasteiger partial charge on any atom is 0.269 e. The van der Waals surface area contributed by atoms with Crippen molar-refractivity contribution in [1.82, 2.24) is 15.2 Å². The Hall–Kier alpha value is -1.17. The molecule has 0 unspecified atom stereocenters. The molecule has 1 aliphatic heterocycles. The minimum absolute atomic E-state index is 0.168. The highest BCUT2D eigenvalue weighted by atomic mass is 35.5. The normalized spacial score (nSPS) is 16.1. The maximum absolute atomic E-state index is 11.8. The number of pyridine rings is 1. The summed E-state index contributed by atoms with van der Waals surface area (Å²) in [7, 11) is 0. The van der Waals surface area contributed by atoms with Crippen molar-refractivity contribution >= 4 is 17.5 Å². The number of nitrogens with one attached hydrogen (secondary N) is 1. The fourth-order valence-electron chi connectivity index (χ4n) is 2.11. The van der Waals surface area contributed by atoms with Crippen LogP contribution in [0.15, 0.2) is 18.3 Å². The summed E-state index contributed by atoms with van der Waals surface area (Å²) in [6, 6.07) is 3.23. The minimum atomic E-state index is -0.168. The highest BCUT2D eigenvalue weighted by molar-refractivity contribution is 6.30. The summed E-state index contributed by atoms with van der Waals surface area (Å²) in [6.07, 6.45) is 3.57. The number of nitrogens with zero attached hydrogens (tertiary/aromatic N) is 2.